The zero-order chi connectivity index (χ0) is 23.0. The van der Waals surface area contributed by atoms with Crippen LogP contribution in [0, 0.1) is 17.7 Å². The Labute approximate surface area is 198 Å². The van der Waals surface area contributed by atoms with Crippen molar-refractivity contribution in [1.29, 1.82) is 0 Å². The predicted octanol–water partition coefficient (Wildman–Crippen LogP) is 6.88. The van der Waals surface area contributed by atoms with Crippen molar-refractivity contribution in [2.75, 3.05) is 24.5 Å². The average molecular weight is 451 g/mol. The van der Waals surface area contributed by atoms with Crippen LogP contribution in [0.1, 0.15) is 77.2 Å². The lowest BCUT2D eigenvalue weighted by atomic mass is 9.82. The lowest BCUT2D eigenvalue weighted by molar-refractivity contribution is 0.291. The number of anilines is 1. The second-order valence-corrected chi connectivity index (χ2v) is 9.97. The Balaban J connectivity index is 1.25. The summed E-state index contributed by atoms with van der Waals surface area (Å²) < 4.78 is 14.6. The summed E-state index contributed by atoms with van der Waals surface area (Å²) >= 11 is 0. The molecular weight excluding hydrogens is 411 g/mol. The van der Waals surface area contributed by atoms with E-state index < -0.39 is 0 Å². The minimum absolute atomic E-state index is 0.164. The van der Waals surface area contributed by atoms with Gasteiger partial charge < -0.3 is 4.90 Å². The monoisotopic (exact) mass is 450 g/mol. The predicted molar refractivity (Wildman–Crippen MR) is 136 cm³/mol. The summed E-state index contributed by atoms with van der Waals surface area (Å²) in [5.41, 5.74) is 3.37. The number of aryl methyl sites for hydroxylation is 1. The molecule has 1 unspecified atom stereocenters. The third-order valence-electron chi connectivity index (χ3n) is 7.45. The fraction of sp³-hybridized carbons (Fsp3) is 0.607. The summed E-state index contributed by atoms with van der Waals surface area (Å²) in [7, 11) is 0. The average Bonchev–Trinajstić information content (AvgIpc) is 2.85. The van der Waals surface area contributed by atoms with Crippen molar-refractivity contribution in [1.82, 2.24) is 9.97 Å². The number of hydrogen-bond acceptors (Lipinski definition) is 4. The SMILES string of the molecule is CCc1cccc(-c2cnc(N3CCC(=NCCC(C)CC4CCCCC4)CC3)nc2)c1F. The van der Waals surface area contributed by atoms with Gasteiger partial charge in [-0.05, 0) is 36.7 Å². The summed E-state index contributed by atoms with van der Waals surface area (Å²) in [6.45, 7) is 7.14. The first-order valence-electron chi connectivity index (χ1n) is 13.0. The molecule has 1 saturated heterocycles. The van der Waals surface area contributed by atoms with E-state index in [1.165, 1.54) is 50.7 Å². The molecule has 2 aromatic rings. The van der Waals surface area contributed by atoms with Crippen molar-refractivity contribution >= 4 is 11.7 Å². The second kappa shape index (κ2) is 11.7. The summed E-state index contributed by atoms with van der Waals surface area (Å²) in [6, 6.07) is 5.53. The van der Waals surface area contributed by atoms with E-state index in [9.17, 15) is 4.39 Å². The van der Waals surface area contributed by atoms with E-state index in [2.05, 4.69) is 21.8 Å². The van der Waals surface area contributed by atoms with E-state index in [-0.39, 0.29) is 5.82 Å². The molecule has 2 heterocycles. The zero-order valence-electron chi connectivity index (χ0n) is 20.4. The molecule has 1 aromatic carbocycles. The maximum Gasteiger partial charge on any atom is 0.225 e. The molecule has 1 aliphatic heterocycles. The fourth-order valence-corrected chi connectivity index (χ4v) is 5.38. The molecule has 0 spiro atoms. The first kappa shape index (κ1) is 23.8. The third-order valence-corrected chi connectivity index (χ3v) is 7.45. The standard InChI is InChI=1S/C28H39FN4/c1-3-23-10-7-11-26(27(23)29)24-19-31-28(32-20-24)33-16-13-25(14-17-33)30-15-12-21(2)18-22-8-5-4-6-9-22/h7,10-11,19-22H,3-6,8-9,12-18H2,1-2H3. The van der Waals surface area contributed by atoms with Crippen LogP contribution in [0.2, 0.25) is 0 Å². The van der Waals surface area contributed by atoms with Gasteiger partial charge in [0.15, 0.2) is 0 Å². The Hall–Kier alpha value is -2.30. The number of rotatable bonds is 8. The van der Waals surface area contributed by atoms with Gasteiger partial charge in [0.1, 0.15) is 5.82 Å². The van der Waals surface area contributed by atoms with Crippen LogP contribution in [0.15, 0.2) is 35.6 Å². The van der Waals surface area contributed by atoms with Crippen molar-refractivity contribution in [3.63, 3.8) is 0 Å². The van der Waals surface area contributed by atoms with Crippen LogP contribution in [0.5, 0.6) is 0 Å². The van der Waals surface area contributed by atoms with Crippen molar-refractivity contribution in [2.45, 2.75) is 78.1 Å². The van der Waals surface area contributed by atoms with Crippen molar-refractivity contribution < 1.29 is 4.39 Å². The lowest BCUT2D eigenvalue weighted by Gasteiger charge is -2.28. The molecule has 1 aromatic heterocycles. The highest BCUT2D eigenvalue weighted by molar-refractivity contribution is 5.86. The van der Waals surface area contributed by atoms with Gasteiger partial charge in [-0.15, -0.1) is 0 Å². The Morgan fingerprint density at radius 2 is 1.82 bits per heavy atom. The molecule has 0 bridgehead atoms. The van der Waals surface area contributed by atoms with Crippen LogP contribution in [-0.4, -0.2) is 35.3 Å². The normalized spacial score (nSPS) is 18.4. The van der Waals surface area contributed by atoms with Gasteiger partial charge in [0.05, 0.1) is 0 Å². The number of halogens is 1. The van der Waals surface area contributed by atoms with E-state index >= 15 is 0 Å². The van der Waals surface area contributed by atoms with Crippen LogP contribution < -0.4 is 4.90 Å². The molecular formula is C28H39FN4. The van der Waals surface area contributed by atoms with E-state index in [0.717, 1.165) is 61.4 Å². The molecule has 1 aliphatic carbocycles. The van der Waals surface area contributed by atoms with Crippen LogP contribution in [0.4, 0.5) is 10.3 Å². The maximum atomic E-state index is 14.6. The highest BCUT2D eigenvalue weighted by atomic mass is 19.1. The molecule has 2 fully saturated rings. The lowest BCUT2D eigenvalue weighted by Crippen LogP contribution is -2.35. The Bertz CT molecular complexity index is 908. The summed E-state index contributed by atoms with van der Waals surface area (Å²) in [5.74, 6) is 2.31. The molecule has 0 N–H and O–H groups in total. The zero-order valence-corrected chi connectivity index (χ0v) is 20.4. The Morgan fingerprint density at radius 3 is 2.52 bits per heavy atom. The van der Waals surface area contributed by atoms with Crippen LogP contribution in [0.25, 0.3) is 11.1 Å². The van der Waals surface area contributed by atoms with Gasteiger partial charge in [-0.1, -0.05) is 64.2 Å². The van der Waals surface area contributed by atoms with Gasteiger partial charge in [-0.2, -0.15) is 0 Å². The Kier molecular flexibility index (Phi) is 8.46. The Morgan fingerprint density at radius 1 is 1.09 bits per heavy atom. The summed E-state index contributed by atoms with van der Waals surface area (Å²) in [4.78, 5) is 16.2. The first-order valence-corrected chi connectivity index (χ1v) is 13.0. The number of benzene rings is 1. The fourth-order valence-electron chi connectivity index (χ4n) is 5.38. The molecule has 178 valence electrons. The minimum atomic E-state index is -0.164. The molecule has 0 radical (unpaired) electrons. The minimum Gasteiger partial charge on any atom is -0.340 e. The van der Waals surface area contributed by atoms with Crippen LogP contribution in [-0.2, 0) is 6.42 Å². The van der Waals surface area contributed by atoms with Crippen molar-refractivity contribution in [3.05, 3.63) is 42.0 Å². The summed E-state index contributed by atoms with van der Waals surface area (Å²) in [5, 5.41) is 0. The van der Waals surface area contributed by atoms with Gasteiger partial charge in [0, 0.05) is 61.7 Å². The molecule has 1 saturated carbocycles. The van der Waals surface area contributed by atoms with Gasteiger partial charge in [-0.3, -0.25) is 4.99 Å². The van der Waals surface area contributed by atoms with E-state index in [0.29, 0.717) is 12.0 Å². The number of hydrogen-bond donors (Lipinski definition) is 0. The quantitative estimate of drug-likeness (QED) is 0.440. The van der Waals surface area contributed by atoms with E-state index in [4.69, 9.17) is 4.99 Å². The van der Waals surface area contributed by atoms with Gasteiger partial charge in [-0.25, -0.2) is 14.4 Å². The van der Waals surface area contributed by atoms with Gasteiger partial charge >= 0.3 is 0 Å². The first-order chi connectivity index (χ1) is 16.1. The van der Waals surface area contributed by atoms with Crippen LogP contribution >= 0.6 is 0 Å². The highest BCUT2D eigenvalue weighted by Crippen LogP contribution is 2.30. The van der Waals surface area contributed by atoms with Gasteiger partial charge in [0.2, 0.25) is 5.95 Å². The van der Waals surface area contributed by atoms with Crippen molar-refractivity contribution in [3.8, 4) is 11.1 Å². The van der Waals surface area contributed by atoms with E-state index in [1.54, 1.807) is 18.5 Å². The smallest absolute Gasteiger partial charge is 0.225 e. The molecule has 4 nitrogen and oxygen atoms in total. The topological polar surface area (TPSA) is 41.4 Å². The number of piperidine rings is 1. The van der Waals surface area contributed by atoms with E-state index in [1.807, 2.05) is 19.1 Å². The third kappa shape index (κ3) is 6.39. The second-order valence-electron chi connectivity index (χ2n) is 9.97. The van der Waals surface area contributed by atoms with Gasteiger partial charge in [0.25, 0.3) is 0 Å². The number of nitrogens with zero attached hydrogens (tertiary/aromatic N) is 4. The number of aliphatic imine (C=N–C) groups is 1. The molecule has 0 amide bonds. The van der Waals surface area contributed by atoms with Crippen molar-refractivity contribution in [2.24, 2.45) is 16.8 Å². The largest absolute Gasteiger partial charge is 0.340 e. The maximum absolute atomic E-state index is 14.6. The molecule has 4 rings (SSSR count). The molecule has 5 heteroatoms. The molecule has 33 heavy (non-hydrogen) atoms. The number of aromatic nitrogens is 2. The molecule has 2 aliphatic rings. The molecule has 1 atom stereocenters. The highest BCUT2D eigenvalue weighted by Gasteiger charge is 2.19. The van der Waals surface area contributed by atoms with Crippen LogP contribution in [0.3, 0.4) is 0 Å². The summed E-state index contributed by atoms with van der Waals surface area (Å²) in [6.07, 6.45) is 15.9.